The molecule has 74 valence electrons. The molecular weight excluding hydrogens is 208 g/mol. The van der Waals surface area contributed by atoms with E-state index < -0.39 is 8.56 Å². The van der Waals surface area contributed by atoms with Gasteiger partial charge in [-0.25, -0.2) is 0 Å². The second-order valence-electron chi connectivity index (χ2n) is 2.91. The lowest BCUT2D eigenvalue weighted by Gasteiger charge is -2.22. The van der Waals surface area contributed by atoms with Crippen LogP contribution in [0.2, 0.25) is 12.6 Å². The van der Waals surface area contributed by atoms with Crippen LogP contribution in [0.25, 0.3) is 0 Å². The van der Waals surface area contributed by atoms with Crippen molar-refractivity contribution in [3.05, 3.63) is 0 Å². The van der Waals surface area contributed by atoms with Crippen LogP contribution in [0.3, 0.4) is 0 Å². The first-order valence-electron chi connectivity index (χ1n) is 4.00. The first-order chi connectivity index (χ1) is 5.54. The molecule has 0 fully saturated rings. The molecule has 5 heteroatoms. The lowest BCUT2D eigenvalue weighted by atomic mass is 10.4. The van der Waals surface area contributed by atoms with E-state index in [0.29, 0.717) is 0 Å². The first-order valence-corrected chi connectivity index (χ1v) is 7.56. The zero-order valence-electron chi connectivity index (χ0n) is 7.91. The minimum absolute atomic E-state index is 0.178. The highest BCUT2D eigenvalue weighted by atomic mass is 32.2. The Bertz CT molecular complexity index is 118. The summed E-state index contributed by atoms with van der Waals surface area (Å²) < 4.78 is 10.8. The maximum Gasteiger partial charge on any atom is 0.334 e. The van der Waals surface area contributed by atoms with Gasteiger partial charge in [0, 0.05) is 18.8 Å². The summed E-state index contributed by atoms with van der Waals surface area (Å²) in [5.74, 6) is 0. The van der Waals surface area contributed by atoms with E-state index in [-0.39, 0.29) is 4.58 Å². The summed E-state index contributed by atoms with van der Waals surface area (Å²) in [6, 6.07) is 1.01. The Labute approximate surface area is 87.1 Å². The van der Waals surface area contributed by atoms with Gasteiger partial charge in [0.15, 0.2) is 0 Å². The van der Waals surface area contributed by atoms with Crippen LogP contribution >= 0.6 is 25.3 Å². The Kier molecular flexibility index (Phi) is 6.76. The second-order valence-corrected chi connectivity index (χ2v) is 8.15. The summed E-state index contributed by atoms with van der Waals surface area (Å²) in [4.78, 5) is 0. The van der Waals surface area contributed by atoms with Crippen molar-refractivity contribution in [2.45, 2.75) is 30.0 Å². The zero-order valence-corrected chi connectivity index (χ0v) is 10.7. The monoisotopic (exact) mass is 226 g/mol. The fraction of sp³-hybridized carbons (Fsp3) is 1.00. The lowest BCUT2D eigenvalue weighted by molar-refractivity contribution is 0.248. The van der Waals surface area contributed by atoms with Gasteiger partial charge in [0.1, 0.15) is 0 Å². The van der Waals surface area contributed by atoms with Crippen molar-refractivity contribution in [1.29, 1.82) is 0 Å². The molecule has 0 spiro atoms. The predicted octanol–water partition coefficient (Wildman–Crippen LogP) is 2.32. The SMILES string of the molecule is CO[Si](C)(CCCC(S)S)OC. The van der Waals surface area contributed by atoms with Crippen molar-refractivity contribution < 1.29 is 8.85 Å². The van der Waals surface area contributed by atoms with Gasteiger partial charge in [-0.05, 0) is 25.4 Å². The van der Waals surface area contributed by atoms with E-state index in [1.54, 1.807) is 14.2 Å². The molecule has 0 saturated heterocycles. The van der Waals surface area contributed by atoms with Gasteiger partial charge in [-0.1, -0.05) is 0 Å². The van der Waals surface area contributed by atoms with Crippen molar-refractivity contribution in [2.75, 3.05) is 14.2 Å². The minimum Gasteiger partial charge on any atom is -0.398 e. The Balaban J connectivity index is 3.58. The minimum atomic E-state index is -1.83. The molecule has 0 saturated carbocycles. The molecule has 0 amide bonds. The fourth-order valence-corrected chi connectivity index (χ4v) is 2.68. The molecule has 2 nitrogen and oxygen atoms in total. The highest BCUT2D eigenvalue weighted by molar-refractivity contribution is 7.99. The Morgan fingerprint density at radius 1 is 1.25 bits per heavy atom. The molecule has 0 aliphatic rings. The number of hydrogen-bond donors (Lipinski definition) is 2. The largest absolute Gasteiger partial charge is 0.398 e. The van der Waals surface area contributed by atoms with Crippen LogP contribution < -0.4 is 0 Å². The van der Waals surface area contributed by atoms with Crippen molar-refractivity contribution >= 4 is 33.8 Å². The smallest absolute Gasteiger partial charge is 0.334 e. The van der Waals surface area contributed by atoms with Crippen molar-refractivity contribution in [1.82, 2.24) is 0 Å². The van der Waals surface area contributed by atoms with E-state index in [4.69, 9.17) is 8.85 Å². The molecule has 0 unspecified atom stereocenters. The van der Waals surface area contributed by atoms with Gasteiger partial charge in [0.25, 0.3) is 0 Å². The molecule has 0 aromatic rings. The second kappa shape index (κ2) is 6.31. The van der Waals surface area contributed by atoms with Crippen LogP contribution in [0.1, 0.15) is 12.8 Å². The number of thiol groups is 2. The molecule has 0 rings (SSSR count). The van der Waals surface area contributed by atoms with Gasteiger partial charge < -0.3 is 8.85 Å². The fourth-order valence-electron chi connectivity index (χ4n) is 0.893. The van der Waals surface area contributed by atoms with Gasteiger partial charge in [0.05, 0.1) is 0 Å². The summed E-state index contributed by atoms with van der Waals surface area (Å²) >= 11 is 8.37. The van der Waals surface area contributed by atoms with E-state index in [2.05, 4.69) is 31.8 Å². The molecule has 0 aliphatic carbocycles. The molecule has 0 N–H and O–H groups in total. The van der Waals surface area contributed by atoms with E-state index in [9.17, 15) is 0 Å². The zero-order chi connectivity index (χ0) is 9.61. The average Bonchev–Trinajstić information content (AvgIpc) is 2.03. The van der Waals surface area contributed by atoms with Crippen molar-refractivity contribution in [3.63, 3.8) is 0 Å². The molecular formula is C7H18O2S2Si. The normalized spacial score (nSPS) is 12.5. The van der Waals surface area contributed by atoms with Gasteiger partial charge in [-0.15, -0.1) is 0 Å². The van der Waals surface area contributed by atoms with E-state index in [1.807, 2.05) is 0 Å². The molecule has 0 aromatic heterocycles. The Morgan fingerprint density at radius 3 is 2.08 bits per heavy atom. The third-order valence-corrected chi connectivity index (χ3v) is 5.46. The number of hydrogen-bond acceptors (Lipinski definition) is 4. The quantitative estimate of drug-likeness (QED) is 0.411. The van der Waals surface area contributed by atoms with E-state index in [0.717, 1.165) is 18.9 Å². The summed E-state index contributed by atoms with van der Waals surface area (Å²) in [5, 5.41) is 0. The lowest BCUT2D eigenvalue weighted by Crippen LogP contribution is -2.35. The van der Waals surface area contributed by atoms with Crippen molar-refractivity contribution in [3.8, 4) is 0 Å². The third kappa shape index (κ3) is 5.48. The third-order valence-electron chi connectivity index (χ3n) is 1.96. The first kappa shape index (κ1) is 12.8. The van der Waals surface area contributed by atoms with Crippen LogP contribution in [0, 0.1) is 0 Å². The highest BCUT2D eigenvalue weighted by Gasteiger charge is 2.27. The highest BCUT2D eigenvalue weighted by Crippen LogP contribution is 2.18. The molecule has 0 radical (unpaired) electrons. The molecule has 0 heterocycles. The van der Waals surface area contributed by atoms with Crippen LogP contribution in [0.15, 0.2) is 0 Å². The Hall–Kier alpha value is 0.837. The number of rotatable bonds is 6. The molecule has 12 heavy (non-hydrogen) atoms. The van der Waals surface area contributed by atoms with Crippen LogP contribution in [0.5, 0.6) is 0 Å². The van der Waals surface area contributed by atoms with E-state index >= 15 is 0 Å². The maximum absolute atomic E-state index is 5.34. The van der Waals surface area contributed by atoms with Gasteiger partial charge in [0.2, 0.25) is 0 Å². The Morgan fingerprint density at radius 2 is 1.75 bits per heavy atom. The average molecular weight is 226 g/mol. The summed E-state index contributed by atoms with van der Waals surface area (Å²) in [6.45, 7) is 2.07. The standard InChI is InChI=1S/C7H18O2S2Si/c1-8-12(3,9-2)6-4-5-7(10)11/h7,10-11H,4-6H2,1-3H3. The maximum atomic E-state index is 5.34. The van der Waals surface area contributed by atoms with Gasteiger partial charge >= 0.3 is 8.56 Å². The topological polar surface area (TPSA) is 18.5 Å². The summed E-state index contributed by atoms with van der Waals surface area (Å²) in [5.41, 5.74) is 0. The van der Waals surface area contributed by atoms with Gasteiger partial charge in [-0.3, -0.25) is 0 Å². The predicted molar refractivity (Wildman–Crippen MR) is 61.4 cm³/mol. The van der Waals surface area contributed by atoms with Crippen molar-refractivity contribution in [2.24, 2.45) is 0 Å². The molecule has 0 bridgehead atoms. The van der Waals surface area contributed by atoms with Crippen LogP contribution in [0.4, 0.5) is 0 Å². The molecule has 0 atom stereocenters. The summed E-state index contributed by atoms with van der Waals surface area (Å²) in [6.07, 6.45) is 2.07. The summed E-state index contributed by atoms with van der Waals surface area (Å²) in [7, 11) is 1.60. The molecule has 0 aromatic carbocycles. The van der Waals surface area contributed by atoms with Gasteiger partial charge in [-0.2, -0.15) is 25.3 Å². The van der Waals surface area contributed by atoms with Crippen LogP contribution in [-0.4, -0.2) is 27.4 Å². The van der Waals surface area contributed by atoms with Crippen LogP contribution in [-0.2, 0) is 8.85 Å². The molecule has 0 aliphatic heterocycles. The van der Waals surface area contributed by atoms with E-state index in [1.165, 1.54) is 0 Å².